The molecule has 3 rings (SSSR count). The highest BCUT2D eigenvalue weighted by atomic mass is 79.9. The van der Waals surface area contributed by atoms with Crippen molar-refractivity contribution < 1.29 is 31.8 Å². The zero-order valence-corrected chi connectivity index (χ0v) is 16.6. The fourth-order valence-corrected chi connectivity index (χ4v) is 4.32. The molecule has 0 radical (unpaired) electrons. The standard InChI is InChI=1S/C19H23BrF4O3/c1-2-25-14-5-3-11(4-6-14)13-9-26-18(27-10-13)12-7-15(21)17(16(22)8-12)19(20,23)24/h7-8,11,13-14,18H,2-6,9-10H2,1H3. The Morgan fingerprint density at radius 2 is 1.59 bits per heavy atom. The minimum Gasteiger partial charge on any atom is -0.379 e. The average Bonchev–Trinajstić information content (AvgIpc) is 2.61. The summed E-state index contributed by atoms with van der Waals surface area (Å²) in [7, 11) is 0. The largest absolute Gasteiger partial charge is 0.379 e. The molecule has 152 valence electrons. The van der Waals surface area contributed by atoms with Crippen LogP contribution in [-0.4, -0.2) is 25.9 Å². The van der Waals surface area contributed by atoms with Gasteiger partial charge in [0.25, 0.3) is 0 Å². The molecule has 1 saturated heterocycles. The van der Waals surface area contributed by atoms with Crippen LogP contribution in [-0.2, 0) is 19.0 Å². The number of halogens is 5. The molecule has 0 spiro atoms. The lowest BCUT2D eigenvalue weighted by Gasteiger charge is -2.37. The van der Waals surface area contributed by atoms with Crippen LogP contribution >= 0.6 is 15.9 Å². The molecule has 3 nitrogen and oxygen atoms in total. The fraction of sp³-hybridized carbons (Fsp3) is 0.684. The van der Waals surface area contributed by atoms with Crippen molar-refractivity contribution in [3.05, 3.63) is 34.9 Å². The molecule has 1 aliphatic carbocycles. The SMILES string of the molecule is CCOC1CCC(C2COC(c3cc(F)c(C(F)(F)Br)c(F)c3)OC2)CC1. The second-order valence-electron chi connectivity index (χ2n) is 7.11. The molecule has 2 fully saturated rings. The van der Waals surface area contributed by atoms with Crippen LogP contribution in [0.15, 0.2) is 12.1 Å². The van der Waals surface area contributed by atoms with Gasteiger partial charge in [0.15, 0.2) is 6.29 Å². The molecule has 0 bridgehead atoms. The molecule has 1 aliphatic heterocycles. The van der Waals surface area contributed by atoms with Crippen LogP contribution in [0.4, 0.5) is 17.6 Å². The van der Waals surface area contributed by atoms with Crippen molar-refractivity contribution in [1.29, 1.82) is 0 Å². The molecule has 0 N–H and O–H groups in total. The Bertz CT molecular complexity index is 613. The number of ether oxygens (including phenoxy) is 3. The van der Waals surface area contributed by atoms with E-state index in [1.54, 1.807) is 0 Å². The number of hydrogen-bond acceptors (Lipinski definition) is 3. The molecule has 0 aromatic heterocycles. The molecule has 1 aromatic rings. The number of rotatable bonds is 5. The van der Waals surface area contributed by atoms with Crippen LogP contribution in [0.25, 0.3) is 0 Å². The lowest BCUT2D eigenvalue weighted by atomic mass is 9.79. The van der Waals surface area contributed by atoms with Crippen molar-refractivity contribution >= 4 is 15.9 Å². The molecule has 1 heterocycles. The molecular formula is C19H23BrF4O3. The first-order valence-electron chi connectivity index (χ1n) is 9.20. The Morgan fingerprint density at radius 1 is 1.04 bits per heavy atom. The van der Waals surface area contributed by atoms with Gasteiger partial charge in [-0.2, -0.15) is 8.78 Å². The number of hydrogen-bond donors (Lipinski definition) is 0. The predicted molar refractivity (Wildman–Crippen MR) is 94.7 cm³/mol. The first-order chi connectivity index (χ1) is 12.8. The molecule has 0 amide bonds. The van der Waals surface area contributed by atoms with Gasteiger partial charge in [-0.25, -0.2) is 8.78 Å². The van der Waals surface area contributed by atoms with Crippen molar-refractivity contribution in [2.75, 3.05) is 19.8 Å². The highest BCUT2D eigenvalue weighted by Gasteiger charge is 2.37. The molecule has 0 unspecified atom stereocenters. The number of benzene rings is 1. The maximum atomic E-state index is 14.0. The van der Waals surface area contributed by atoms with Gasteiger partial charge in [0, 0.05) is 18.1 Å². The van der Waals surface area contributed by atoms with Gasteiger partial charge >= 0.3 is 4.83 Å². The van der Waals surface area contributed by atoms with Crippen molar-refractivity contribution in [3.8, 4) is 0 Å². The molecule has 8 heteroatoms. The summed E-state index contributed by atoms with van der Waals surface area (Å²) in [5.41, 5.74) is -1.25. The summed E-state index contributed by atoms with van der Waals surface area (Å²) < 4.78 is 71.4. The van der Waals surface area contributed by atoms with Gasteiger partial charge in [0.05, 0.1) is 19.3 Å². The van der Waals surface area contributed by atoms with E-state index < -0.39 is 28.3 Å². The van der Waals surface area contributed by atoms with Crippen LogP contribution in [0.5, 0.6) is 0 Å². The van der Waals surface area contributed by atoms with E-state index in [0.29, 0.717) is 25.2 Å². The predicted octanol–water partition coefficient (Wildman–Crippen LogP) is 5.67. The second-order valence-corrected chi connectivity index (χ2v) is 8.10. The third kappa shape index (κ3) is 5.02. The zero-order valence-electron chi connectivity index (χ0n) is 15.0. The van der Waals surface area contributed by atoms with Gasteiger partial charge in [0.2, 0.25) is 0 Å². The van der Waals surface area contributed by atoms with E-state index in [1.807, 2.05) is 22.9 Å². The van der Waals surface area contributed by atoms with Gasteiger partial charge in [-0.15, -0.1) is 0 Å². The third-order valence-electron chi connectivity index (χ3n) is 5.33. The third-order valence-corrected chi connectivity index (χ3v) is 5.73. The second kappa shape index (κ2) is 8.76. The molecule has 27 heavy (non-hydrogen) atoms. The summed E-state index contributed by atoms with van der Waals surface area (Å²) in [4.78, 5) is -3.78. The van der Waals surface area contributed by atoms with Crippen LogP contribution in [0.3, 0.4) is 0 Å². The van der Waals surface area contributed by atoms with E-state index in [0.717, 1.165) is 44.4 Å². The first-order valence-corrected chi connectivity index (χ1v) is 9.99. The van der Waals surface area contributed by atoms with Crippen molar-refractivity contribution in [2.24, 2.45) is 11.8 Å². The zero-order chi connectivity index (χ0) is 19.6. The topological polar surface area (TPSA) is 27.7 Å². The van der Waals surface area contributed by atoms with Crippen LogP contribution in [0.1, 0.15) is 50.0 Å². The van der Waals surface area contributed by atoms with Gasteiger partial charge in [-0.1, -0.05) is 0 Å². The van der Waals surface area contributed by atoms with E-state index in [1.165, 1.54) is 0 Å². The van der Waals surface area contributed by atoms with Crippen LogP contribution < -0.4 is 0 Å². The van der Waals surface area contributed by atoms with E-state index in [-0.39, 0.29) is 11.5 Å². The monoisotopic (exact) mass is 454 g/mol. The Morgan fingerprint density at radius 3 is 2.07 bits per heavy atom. The minimum atomic E-state index is -3.78. The Kier molecular flexibility index (Phi) is 6.82. The quantitative estimate of drug-likeness (QED) is 0.423. The highest BCUT2D eigenvalue weighted by Crippen LogP contribution is 2.40. The maximum absolute atomic E-state index is 14.0. The smallest absolute Gasteiger partial charge is 0.332 e. The average molecular weight is 455 g/mol. The molecule has 1 saturated carbocycles. The summed E-state index contributed by atoms with van der Waals surface area (Å²) in [6, 6.07) is 1.68. The molecule has 1 aromatic carbocycles. The maximum Gasteiger partial charge on any atom is 0.332 e. The van der Waals surface area contributed by atoms with E-state index in [9.17, 15) is 17.6 Å². The van der Waals surface area contributed by atoms with Crippen molar-refractivity contribution in [3.63, 3.8) is 0 Å². The lowest BCUT2D eigenvalue weighted by molar-refractivity contribution is -0.215. The molecule has 2 aliphatic rings. The van der Waals surface area contributed by atoms with Crippen LogP contribution in [0.2, 0.25) is 0 Å². The molecular weight excluding hydrogens is 432 g/mol. The van der Waals surface area contributed by atoms with Gasteiger partial charge in [0.1, 0.15) is 17.2 Å². The summed E-state index contributed by atoms with van der Waals surface area (Å²) in [6.07, 6.45) is 3.45. The van der Waals surface area contributed by atoms with Crippen molar-refractivity contribution in [1.82, 2.24) is 0 Å². The number of alkyl halides is 3. The van der Waals surface area contributed by atoms with Gasteiger partial charge in [-0.3, -0.25) is 0 Å². The molecule has 0 atom stereocenters. The first kappa shape index (κ1) is 21.0. The Balaban J connectivity index is 1.58. The van der Waals surface area contributed by atoms with E-state index >= 15 is 0 Å². The van der Waals surface area contributed by atoms with E-state index in [2.05, 4.69) is 0 Å². The van der Waals surface area contributed by atoms with Crippen molar-refractivity contribution in [2.45, 2.75) is 49.8 Å². The van der Waals surface area contributed by atoms with Crippen LogP contribution in [0, 0.1) is 23.5 Å². The summed E-state index contributed by atoms with van der Waals surface area (Å²) in [5, 5.41) is 0. The Labute approximate surface area is 164 Å². The lowest BCUT2D eigenvalue weighted by Crippen LogP contribution is -2.35. The van der Waals surface area contributed by atoms with E-state index in [4.69, 9.17) is 14.2 Å². The highest BCUT2D eigenvalue weighted by molar-refractivity contribution is 9.09. The normalized spacial score (nSPS) is 29.7. The fourth-order valence-electron chi connectivity index (χ4n) is 3.94. The summed E-state index contributed by atoms with van der Waals surface area (Å²) in [5.74, 6) is -2.00. The summed E-state index contributed by atoms with van der Waals surface area (Å²) in [6.45, 7) is 3.54. The summed E-state index contributed by atoms with van der Waals surface area (Å²) >= 11 is 1.99. The minimum absolute atomic E-state index is 0.0593. The van der Waals surface area contributed by atoms with Gasteiger partial charge in [-0.05, 0) is 66.6 Å². The Hall–Kier alpha value is -0.700. The van der Waals surface area contributed by atoms with Gasteiger partial charge < -0.3 is 14.2 Å².